The van der Waals surface area contributed by atoms with Gasteiger partial charge in [0.05, 0.1) is 6.54 Å². The van der Waals surface area contributed by atoms with Crippen LogP contribution < -0.4 is 0 Å². The van der Waals surface area contributed by atoms with E-state index in [1.54, 1.807) is 0 Å². The molecule has 0 bridgehead atoms. The summed E-state index contributed by atoms with van der Waals surface area (Å²) in [5, 5.41) is 4.02. The zero-order chi connectivity index (χ0) is 8.39. The average molecular weight is 178 g/mol. The number of nitrogens with zero attached hydrogens (tertiary/aromatic N) is 2. The van der Waals surface area contributed by atoms with Gasteiger partial charge in [0.2, 0.25) is 0 Å². The molecule has 0 radical (unpaired) electrons. The smallest absolute Gasteiger partial charge is 0.0874 e. The number of benzene rings is 1. The van der Waals surface area contributed by atoms with Crippen molar-refractivity contribution in [3.63, 3.8) is 0 Å². The van der Waals surface area contributed by atoms with Gasteiger partial charge >= 0.3 is 0 Å². The van der Waals surface area contributed by atoms with E-state index in [4.69, 9.17) is 0 Å². The molecule has 2 rings (SSSR count). The van der Waals surface area contributed by atoms with E-state index < -0.39 is 0 Å². The van der Waals surface area contributed by atoms with E-state index in [0.717, 1.165) is 13.0 Å². The van der Waals surface area contributed by atoms with E-state index in [2.05, 4.69) is 34.8 Å². The molecule has 0 amide bonds. The van der Waals surface area contributed by atoms with Crippen molar-refractivity contribution in [3.05, 3.63) is 29.3 Å². The van der Waals surface area contributed by atoms with Gasteiger partial charge in [-0.2, -0.15) is 5.11 Å². The molecule has 62 valence electrons. The minimum Gasteiger partial charge on any atom is -0.177 e. The van der Waals surface area contributed by atoms with Crippen molar-refractivity contribution in [2.24, 2.45) is 9.63 Å². The lowest BCUT2D eigenvalue weighted by Crippen LogP contribution is -1.95. The highest BCUT2D eigenvalue weighted by Gasteiger charge is 2.10. The lowest BCUT2D eigenvalue weighted by molar-refractivity contribution is 0.906. The van der Waals surface area contributed by atoms with Gasteiger partial charge in [-0.1, -0.05) is 19.1 Å². The number of fused-ring (bicyclic) bond motifs is 1. The SMILES string of the molecule is CCc1cccc2c1CN=NS2. The van der Waals surface area contributed by atoms with Gasteiger partial charge in [0, 0.05) is 16.8 Å². The van der Waals surface area contributed by atoms with Gasteiger partial charge in [0.15, 0.2) is 0 Å². The molecular weight excluding hydrogens is 168 g/mol. The molecule has 0 saturated carbocycles. The van der Waals surface area contributed by atoms with Gasteiger partial charge in [-0.3, -0.25) is 0 Å². The van der Waals surface area contributed by atoms with Crippen molar-refractivity contribution >= 4 is 11.9 Å². The highest BCUT2D eigenvalue weighted by molar-refractivity contribution is 7.98. The first kappa shape index (κ1) is 7.80. The summed E-state index contributed by atoms with van der Waals surface area (Å²) in [6, 6.07) is 6.36. The van der Waals surface area contributed by atoms with Crippen LogP contribution in [0.15, 0.2) is 32.7 Å². The second-order valence-corrected chi connectivity index (χ2v) is 3.51. The normalized spacial score (nSPS) is 14.4. The van der Waals surface area contributed by atoms with Gasteiger partial charge in [0.1, 0.15) is 0 Å². The van der Waals surface area contributed by atoms with Crippen molar-refractivity contribution in [2.45, 2.75) is 24.8 Å². The topological polar surface area (TPSA) is 24.7 Å². The first-order chi connectivity index (χ1) is 5.92. The molecule has 0 N–H and O–H groups in total. The maximum absolute atomic E-state index is 4.02. The molecule has 12 heavy (non-hydrogen) atoms. The molecule has 3 heteroatoms. The van der Waals surface area contributed by atoms with E-state index in [-0.39, 0.29) is 0 Å². The second kappa shape index (κ2) is 3.27. The Morgan fingerprint density at radius 3 is 3.25 bits per heavy atom. The molecule has 0 atom stereocenters. The van der Waals surface area contributed by atoms with Crippen LogP contribution in [0.2, 0.25) is 0 Å². The predicted octanol–water partition coefficient (Wildman–Crippen LogP) is 3.22. The van der Waals surface area contributed by atoms with Crippen LogP contribution >= 0.6 is 11.9 Å². The zero-order valence-electron chi connectivity index (χ0n) is 6.95. The maximum Gasteiger partial charge on any atom is 0.0874 e. The van der Waals surface area contributed by atoms with Crippen LogP contribution in [0.3, 0.4) is 0 Å². The molecule has 2 nitrogen and oxygen atoms in total. The van der Waals surface area contributed by atoms with Gasteiger partial charge in [-0.25, -0.2) is 0 Å². The van der Waals surface area contributed by atoms with Crippen LogP contribution in [0.5, 0.6) is 0 Å². The molecule has 1 aromatic carbocycles. The summed E-state index contributed by atoms with van der Waals surface area (Å²) in [6.07, 6.45) is 1.08. The molecule has 0 fully saturated rings. The molecule has 0 aliphatic carbocycles. The fourth-order valence-corrected chi connectivity index (χ4v) is 2.03. The number of hydrogen-bond donors (Lipinski definition) is 0. The monoisotopic (exact) mass is 178 g/mol. The van der Waals surface area contributed by atoms with Crippen molar-refractivity contribution in [1.29, 1.82) is 0 Å². The van der Waals surface area contributed by atoms with Crippen LogP contribution in [-0.2, 0) is 13.0 Å². The first-order valence-corrected chi connectivity index (χ1v) is 4.83. The molecule has 0 spiro atoms. The summed E-state index contributed by atoms with van der Waals surface area (Å²) >= 11 is 1.48. The number of aryl methyl sites for hydroxylation is 1. The zero-order valence-corrected chi connectivity index (χ0v) is 7.77. The van der Waals surface area contributed by atoms with Crippen molar-refractivity contribution in [1.82, 2.24) is 0 Å². The summed E-state index contributed by atoms with van der Waals surface area (Å²) in [6.45, 7) is 2.93. The Kier molecular flexibility index (Phi) is 2.13. The number of hydrogen-bond acceptors (Lipinski definition) is 3. The Labute approximate surface area is 76.2 Å². The van der Waals surface area contributed by atoms with Crippen LogP contribution in [0.4, 0.5) is 0 Å². The Hall–Kier alpha value is -0.830. The lowest BCUT2D eigenvalue weighted by Gasteiger charge is -2.11. The quantitative estimate of drug-likeness (QED) is 0.606. The summed E-state index contributed by atoms with van der Waals surface area (Å²) in [7, 11) is 0. The third-order valence-corrected chi connectivity index (χ3v) is 2.81. The van der Waals surface area contributed by atoms with E-state index in [0.29, 0.717) is 0 Å². The van der Waals surface area contributed by atoms with E-state index in [1.807, 2.05) is 0 Å². The van der Waals surface area contributed by atoms with Crippen molar-refractivity contribution in [2.75, 3.05) is 0 Å². The summed E-state index contributed by atoms with van der Waals surface area (Å²) in [5.41, 5.74) is 2.76. The Bertz CT molecular complexity index is 320. The fourth-order valence-electron chi connectivity index (χ4n) is 1.38. The van der Waals surface area contributed by atoms with E-state index in [1.165, 1.54) is 28.0 Å². The largest absolute Gasteiger partial charge is 0.177 e. The third-order valence-electron chi connectivity index (χ3n) is 2.04. The number of rotatable bonds is 1. The molecule has 1 heterocycles. The Balaban J connectivity index is 2.48. The van der Waals surface area contributed by atoms with Gasteiger partial charge in [-0.15, -0.1) is 4.52 Å². The standard InChI is InChI=1S/C9H10N2S/c1-2-7-4-3-5-9-8(7)6-10-11-12-9/h3-5H,2,6H2,1H3. The van der Waals surface area contributed by atoms with E-state index in [9.17, 15) is 0 Å². The van der Waals surface area contributed by atoms with Crippen molar-refractivity contribution in [3.8, 4) is 0 Å². The Morgan fingerprint density at radius 1 is 1.50 bits per heavy atom. The van der Waals surface area contributed by atoms with E-state index >= 15 is 0 Å². The van der Waals surface area contributed by atoms with Crippen LogP contribution in [0.25, 0.3) is 0 Å². The molecule has 0 unspecified atom stereocenters. The fraction of sp³-hybridized carbons (Fsp3) is 0.333. The van der Waals surface area contributed by atoms with Crippen LogP contribution in [0.1, 0.15) is 18.1 Å². The molecule has 1 aliphatic rings. The summed E-state index contributed by atoms with van der Waals surface area (Å²) in [5.74, 6) is 0. The minimum absolute atomic E-state index is 0.756. The predicted molar refractivity (Wildman–Crippen MR) is 50.2 cm³/mol. The summed E-state index contributed by atoms with van der Waals surface area (Å²) < 4.78 is 3.94. The van der Waals surface area contributed by atoms with Crippen LogP contribution in [-0.4, -0.2) is 0 Å². The highest BCUT2D eigenvalue weighted by atomic mass is 32.2. The van der Waals surface area contributed by atoms with Gasteiger partial charge in [0.25, 0.3) is 0 Å². The minimum atomic E-state index is 0.756. The third kappa shape index (κ3) is 1.25. The maximum atomic E-state index is 4.02. The Morgan fingerprint density at radius 2 is 2.42 bits per heavy atom. The lowest BCUT2D eigenvalue weighted by atomic mass is 10.1. The van der Waals surface area contributed by atoms with Gasteiger partial charge in [-0.05, 0) is 23.6 Å². The molecule has 0 saturated heterocycles. The average Bonchev–Trinajstić information content (AvgIpc) is 2.17. The second-order valence-electron chi connectivity index (χ2n) is 2.72. The summed E-state index contributed by atoms with van der Waals surface area (Å²) in [4.78, 5) is 1.27. The van der Waals surface area contributed by atoms with Crippen molar-refractivity contribution < 1.29 is 0 Å². The first-order valence-electron chi connectivity index (χ1n) is 4.06. The van der Waals surface area contributed by atoms with Crippen LogP contribution in [0, 0.1) is 0 Å². The van der Waals surface area contributed by atoms with Gasteiger partial charge < -0.3 is 0 Å². The highest BCUT2D eigenvalue weighted by Crippen LogP contribution is 2.31. The molecule has 1 aliphatic heterocycles. The molecule has 1 aromatic rings. The molecular formula is C9H10N2S. The molecule has 0 aromatic heterocycles.